The number of aliphatic hydroxyl groups excluding tert-OH is 1. The summed E-state index contributed by atoms with van der Waals surface area (Å²) in [4.78, 5) is 11.1. The van der Waals surface area contributed by atoms with Crippen LogP contribution in [0.5, 0.6) is 0 Å². The SMILES string of the molecule is CO/[N+](C)=N\OCCC(CCO)C(C)C. The molecule has 5 heteroatoms. The lowest BCUT2D eigenvalue weighted by Crippen LogP contribution is -2.13. The van der Waals surface area contributed by atoms with Crippen molar-refractivity contribution in [2.45, 2.75) is 26.7 Å². The van der Waals surface area contributed by atoms with Gasteiger partial charge >= 0.3 is 0 Å². The first kappa shape index (κ1) is 14.2. The third kappa shape index (κ3) is 7.13. The number of hydrogen-bond acceptors (Lipinski definition) is 4. The average molecular weight is 219 g/mol. The highest BCUT2D eigenvalue weighted by Gasteiger charge is 2.12. The van der Waals surface area contributed by atoms with Gasteiger partial charge in [0.25, 0.3) is 0 Å². The lowest BCUT2D eigenvalue weighted by Gasteiger charge is -2.18. The van der Waals surface area contributed by atoms with Crippen LogP contribution in [0.25, 0.3) is 0 Å². The molecule has 0 aliphatic rings. The summed E-state index contributed by atoms with van der Waals surface area (Å²) in [5.41, 5.74) is 0. The highest BCUT2D eigenvalue weighted by molar-refractivity contribution is 4.62. The summed E-state index contributed by atoms with van der Waals surface area (Å²) >= 11 is 0. The molecule has 0 spiro atoms. The van der Waals surface area contributed by atoms with Crippen molar-refractivity contribution in [3.05, 3.63) is 0 Å². The van der Waals surface area contributed by atoms with Gasteiger partial charge in [-0.15, -0.1) is 0 Å². The van der Waals surface area contributed by atoms with Gasteiger partial charge in [0, 0.05) is 6.61 Å². The molecule has 0 saturated heterocycles. The molecule has 0 fully saturated rings. The second-order valence-corrected chi connectivity index (χ2v) is 3.87. The van der Waals surface area contributed by atoms with E-state index in [2.05, 4.69) is 19.1 Å². The summed E-state index contributed by atoms with van der Waals surface area (Å²) < 4.78 is 0. The minimum atomic E-state index is 0.234. The number of nitrogens with zero attached hydrogens (tertiary/aromatic N) is 2. The zero-order valence-electron chi connectivity index (χ0n) is 10.1. The van der Waals surface area contributed by atoms with Crippen LogP contribution in [0.4, 0.5) is 0 Å². The normalized spacial score (nSPS) is 14.1. The van der Waals surface area contributed by atoms with Crippen LogP contribution in [-0.4, -0.2) is 37.3 Å². The molecular weight excluding hydrogens is 196 g/mol. The molecule has 0 amide bonds. The van der Waals surface area contributed by atoms with E-state index in [1.165, 1.54) is 12.0 Å². The molecule has 0 aromatic carbocycles. The summed E-state index contributed by atoms with van der Waals surface area (Å²) in [5.74, 6) is 1.04. The van der Waals surface area contributed by atoms with Crippen molar-refractivity contribution >= 4 is 0 Å². The third-order valence-corrected chi connectivity index (χ3v) is 2.46. The maximum Gasteiger partial charge on any atom is 0.239 e. The van der Waals surface area contributed by atoms with Gasteiger partial charge in [0.15, 0.2) is 7.11 Å². The topological polar surface area (TPSA) is 54.1 Å². The van der Waals surface area contributed by atoms with E-state index in [9.17, 15) is 0 Å². The Hall–Kier alpha value is -0.840. The molecule has 90 valence electrons. The van der Waals surface area contributed by atoms with Crippen LogP contribution in [-0.2, 0) is 9.68 Å². The van der Waals surface area contributed by atoms with Crippen molar-refractivity contribution in [3.8, 4) is 0 Å². The van der Waals surface area contributed by atoms with E-state index in [0.29, 0.717) is 18.4 Å². The van der Waals surface area contributed by atoms with Gasteiger partial charge in [-0.1, -0.05) is 13.8 Å². The van der Waals surface area contributed by atoms with E-state index in [-0.39, 0.29) is 6.61 Å². The predicted molar refractivity (Wildman–Crippen MR) is 56.2 cm³/mol. The Morgan fingerprint density at radius 1 is 1.33 bits per heavy atom. The Bertz CT molecular complexity index is 184. The minimum absolute atomic E-state index is 0.234. The number of rotatable bonds is 8. The Labute approximate surface area is 91.6 Å². The van der Waals surface area contributed by atoms with Gasteiger partial charge in [-0.2, -0.15) is 0 Å². The van der Waals surface area contributed by atoms with E-state index in [1.807, 2.05) is 0 Å². The number of aliphatic hydroxyl groups is 1. The molecule has 0 radical (unpaired) electrons. The van der Waals surface area contributed by atoms with Crippen molar-refractivity contribution in [3.63, 3.8) is 0 Å². The van der Waals surface area contributed by atoms with E-state index in [4.69, 9.17) is 14.8 Å². The van der Waals surface area contributed by atoms with Crippen LogP contribution >= 0.6 is 0 Å². The summed E-state index contributed by atoms with van der Waals surface area (Å²) in [6.45, 7) is 5.09. The molecule has 0 bridgehead atoms. The molecule has 1 N–H and O–H groups in total. The highest BCUT2D eigenvalue weighted by Crippen LogP contribution is 2.18. The molecule has 0 aliphatic carbocycles. The molecule has 1 unspecified atom stereocenters. The third-order valence-electron chi connectivity index (χ3n) is 2.46. The van der Waals surface area contributed by atoms with E-state index >= 15 is 0 Å². The summed E-state index contributed by atoms with van der Waals surface area (Å²) in [6.07, 6.45) is 1.72. The zero-order chi connectivity index (χ0) is 11.7. The number of hydroxylamine groups is 1. The standard InChI is InChI=1S/C10H23N2O3/c1-9(2)10(5-7-13)6-8-15-11-12(3)14-4/h9-10,13H,5-8H2,1-4H3/q+1/b12-11-. The first-order valence-corrected chi connectivity index (χ1v) is 5.33. The first-order valence-electron chi connectivity index (χ1n) is 5.33. The van der Waals surface area contributed by atoms with Crippen molar-refractivity contribution in [2.24, 2.45) is 17.1 Å². The summed E-state index contributed by atoms with van der Waals surface area (Å²) in [7, 11) is 3.18. The fraction of sp³-hybridized carbons (Fsp3) is 1.00. The second-order valence-electron chi connectivity index (χ2n) is 3.87. The van der Waals surface area contributed by atoms with Gasteiger partial charge in [-0.3, -0.25) is 4.84 Å². The lowest BCUT2D eigenvalue weighted by atomic mass is 9.90. The van der Waals surface area contributed by atoms with Crippen LogP contribution in [0.15, 0.2) is 5.28 Å². The zero-order valence-corrected chi connectivity index (χ0v) is 10.1. The van der Waals surface area contributed by atoms with Crippen molar-refractivity contribution in [1.82, 2.24) is 0 Å². The first-order chi connectivity index (χ1) is 7.11. The molecule has 0 aliphatic heterocycles. The predicted octanol–water partition coefficient (Wildman–Crippen LogP) is 1.62. The molecule has 0 aromatic heterocycles. The molecule has 0 saturated carbocycles. The van der Waals surface area contributed by atoms with Crippen molar-refractivity contribution in [2.75, 3.05) is 27.4 Å². The Kier molecular flexibility index (Phi) is 7.99. The smallest absolute Gasteiger partial charge is 0.239 e. The van der Waals surface area contributed by atoms with E-state index < -0.39 is 0 Å². The van der Waals surface area contributed by atoms with Crippen LogP contribution < -0.4 is 0 Å². The van der Waals surface area contributed by atoms with Gasteiger partial charge in [0.05, 0.1) is 0 Å². The molecule has 15 heavy (non-hydrogen) atoms. The Morgan fingerprint density at radius 2 is 2.00 bits per heavy atom. The number of hydrogen-bond donors (Lipinski definition) is 1. The van der Waals surface area contributed by atoms with Crippen LogP contribution in [0.2, 0.25) is 0 Å². The van der Waals surface area contributed by atoms with Gasteiger partial charge < -0.3 is 9.94 Å². The van der Waals surface area contributed by atoms with Gasteiger partial charge in [-0.05, 0) is 24.7 Å². The van der Waals surface area contributed by atoms with Crippen LogP contribution in [0, 0.1) is 11.8 Å². The maximum atomic E-state index is 8.88. The Balaban J connectivity index is 3.71. The Morgan fingerprint density at radius 3 is 2.47 bits per heavy atom. The van der Waals surface area contributed by atoms with E-state index in [1.54, 1.807) is 7.05 Å². The monoisotopic (exact) mass is 219 g/mol. The fourth-order valence-electron chi connectivity index (χ4n) is 1.34. The van der Waals surface area contributed by atoms with Crippen molar-refractivity contribution in [1.29, 1.82) is 0 Å². The molecule has 1 atom stereocenters. The molecule has 0 aromatic rings. The minimum Gasteiger partial charge on any atom is -0.396 e. The van der Waals surface area contributed by atoms with Gasteiger partial charge in [-0.25, -0.2) is 0 Å². The maximum absolute atomic E-state index is 8.88. The summed E-state index contributed by atoms with van der Waals surface area (Å²) in [5, 5.41) is 12.6. The average Bonchev–Trinajstić information content (AvgIpc) is 2.21. The van der Waals surface area contributed by atoms with Gasteiger partial charge in [0.2, 0.25) is 12.3 Å². The molecule has 0 rings (SSSR count). The molecular formula is C10H23N2O3+. The van der Waals surface area contributed by atoms with Crippen molar-refractivity contribution < 1.29 is 19.6 Å². The second kappa shape index (κ2) is 8.47. The fourth-order valence-corrected chi connectivity index (χ4v) is 1.34. The van der Waals surface area contributed by atoms with Crippen LogP contribution in [0.1, 0.15) is 26.7 Å². The molecule has 0 heterocycles. The quantitative estimate of drug-likeness (QED) is 0.292. The highest BCUT2D eigenvalue weighted by atomic mass is 16.7. The largest absolute Gasteiger partial charge is 0.396 e. The van der Waals surface area contributed by atoms with Gasteiger partial charge in [0.1, 0.15) is 11.5 Å². The lowest BCUT2D eigenvalue weighted by molar-refractivity contribution is -0.823. The van der Waals surface area contributed by atoms with Crippen LogP contribution in [0.3, 0.4) is 0 Å². The molecule has 5 nitrogen and oxygen atoms in total. The summed E-state index contributed by atoms with van der Waals surface area (Å²) in [6, 6.07) is 0. The van der Waals surface area contributed by atoms with E-state index in [0.717, 1.165) is 12.8 Å².